The molecule has 0 spiro atoms. The summed E-state index contributed by atoms with van der Waals surface area (Å²) >= 11 is 0. The van der Waals surface area contributed by atoms with E-state index in [1.54, 1.807) is 48.5 Å². The number of carbonyl (C=O) groups excluding carboxylic acids is 2. The van der Waals surface area contributed by atoms with Gasteiger partial charge in [-0.1, -0.05) is 36.4 Å². The van der Waals surface area contributed by atoms with E-state index in [-0.39, 0.29) is 12.8 Å². The van der Waals surface area contributed by atoms with Crippen LogP contribution in [0.5, 0.6) is 11.5 Å². The Morgan fingerprint density at radius 2 is 1.17 bits per heavy atom. The molecule has 0 amide bonds. The number of rotatable bonds is 4. The first-order valence-corrected chi connectivity index (χ1v) is 7.83. The Labute approximate surface area is 140 Å². The maximum absolute atomic E-state index is 12.7. The van der Waals surface area contributed by atoms with E-state index >= 15 is 0 Å². The molecule has 1 fully saturated rings. The minimum absolute atomic E-state index is 0.240. The van der Waals surface area contributed by atoms with Crippen LogP contribution in [0.3, 0.4) is 0 Å². The molecular formula is C19H18O5. The number of para-hydroxylation sites is 2. The van der Waals surface area contributed by atoms with Crippen LogP contribution in [0.1, 0.15) is 12.8 Å². The van der Waals surface area contributed by atoms with Crippen molar-refractivity contribution in [3.63, 3.8) is 0 Å². The molecule has 1 aliphatic rings. The third-order valence-corrected chi connectivity index (χ3v) is 4.04. The van der Waals surface area contributed by atoms with E-state index in [9.17, 15) is 9.59 Å². The number of benzene rings is 2. The van der Waals surface area contributed by atoms with E-state index in [4.69, 9.17) is 14.2 Å². The first-order chi connectivity index (χ1) is 11.7. The molecule has 2 aromatic rings. The second-order valence-electron chi connectivity index (χ2n) is 5.60. The van der Waals surface area contributed by atoms with Crippen molar-refractivity contribution >= 4 is 11.9 Å². The topological polar surface area (TPSA) is 61.8 Å². The van der Waals surface area contributed by atoms with Gasteiger partial charge in [0.25, 0.3) is 0 Å². The molecule has 0 saturated carbocycles. The van der Waals surface area contributed by atoms with Crippen LogP contribution < -0.4 is 9.47 Å². The van der Waals surface area contributed by atoms with Gasteiger partial charge in [0, 0.05) is 13.2 Å². The highest BCUT2D eigenvalue weighted by Crippen LogP contribution is 2.34. The Balaban J connectivity index is 1.81. The molecule has 0 radical (unpaired) electrons. The average molecular weight is 326 g/mol. The lowest BCUT2D eigenvalue weighted by Crippen LogP contribution is -2.48. The van der Waals surface area contributed by atoms with Crippen LogP contribution in [0.25, 0.3) is 0 Å². The second-order valence-corrected chi connectivity index (χ2v) is 5.60. The molecule has 0 aromatic heterocycles. The summed E-state index contributed by atoms with van der Waals surface area (Å²) in [6.45, 7) is 0.627. The molecule has 2 aromatic carbocycles. The molecule has 3 rings (SSSR count). The molecule has 0 aliphatic carbocycles. The Bertz CT molecular complexity index is 635. The van der Waals surface area contributed by atoms with Crippen molar-refractivity contribution in [2.75, 3.05) is 13.2 Å². The molecule has 0 N–H and O–H groups in total. The highest BCUT2D eigenvalue weighted by molar-refractivity contribution is 6.01. The standard InChI is InChI=1S/C19H18O5/c20-17(23-15-7-3-1-4-8-15)19(11-13-22-14-12-19)18(21)24-16-9-5-2-6-10-16/h1-10H,11-14H2. The van der Waals surface area contributed by atoms with Crippen LogP contribution >= 0.6 is 0 Å². The van der Waals surface area contributed by atoms with Crippen LogP contribution in [-0.2, 0) is 14.3 Å². The van der Waals surface area contributed by atoms with Crippen LogP contribution in [0.2, 0.25) is 0 Å². The summed E-state index contributed by atoms with van der Waals surface area (Å²) in [4.78, 5) is 25.5. The smallest absolute Gasteiger partial charge is 0.329 e. The van der Waals surface area contributed by atoms with E-state index in [0.29, 0.717) is 24.7 Å². The van der Waals surface area contributed by atoms with Crippen molar-refractivity contribution in [3.8, 4) is 11.5 Å². The summed E-state index contributed by atoms with van der Waals surface area (Å²) in [7, 11) is 0. The minimum atomic E-state index is -1.34. The Hall–Kier alpha value is -2.66. The van der Waals surface area contributed by atoms with Gasteiger partial charge in [0.15, 0.2) is 5.41 Å². The summed E-state index contributed by atoms with van der Waals surface area (Å²) in [5.41, 5.74) is -1.34. The van der Waals surface area contributed by atoms with E-state index in [1.807, 2.05) is 12.1 Å². The maximum Gasteiger partial charge on any atom is 0.329 e. The molecule has 5 heteroatoms. The van der Waals surface area contributed by atoms with Gasteiger partial charge in [0.2, 0.25) is 0 Å². The maximum atomic E-state index is 12.7. The molecule has 24 heavy (non-hydrogen) atoms. The first kappa shape index (κ1) is 16.2. The molecular weight excluding hydrogens is 308 g/mol. The van der Waals surface area contributed by atoms with Crippen molar-refractivity contribution in [1.82, 2.24) is 0 Å². The third-order valence-electron chi connectivity index (χ3n) is 4.04. The van der Waals surface area contributed by atoms with Crippen molar-refractivity contribution in [3.05, 3.63) is 60.7 Å². The quantitative estimate of drug-likeness (QED) is 0.491. The van der Waals surface area contributed by atoms with Gasteiger partial charge in [-0.05, 0) is 37.1 Å². The molecule has 5 nitrogen and oxygen atoms in total. The number of carbonyl (C=O) groups is 2. The van der Waals surface area contributed by atoms with E-state index < -0.39 is 17.4 Å². The summed E-state index contributed by atoms with van der Waals surface area (Å²) < 4.78 is 16.2. The molecule has 124 valence electrons. The second kappa shape index (κ2) is 7.27. The van der Waals surface area contributed by atoms with Gasteiger partial charge in [0.1, 0.15) is 11.5 Å². The molecule has 1 heterocycles. The Kier molecular flexibility index (Phi) is 4.91. The number of hydrogen-bond acceptors (Lipinski definition) is 5. The van der Waals surface area contributed by atoms with Crippen molar-refractivity contribution < 1.29 is 23.8 Å². The molecule has 0 bridgehead atoms. The monoisotopic (exact) mass is 326 g/mol. The fourth-order valence-electron chi connectivity index (χ4n) is 2.60. The number of hydrogen-bond donors (Lipinski definition) is 0. The van der Waals surface area contributed by atoms with Gasteiger partial charge in [-0.15, -0.1) is 0 Å². The van der Waals surface area contributed by atoms with E-state index in [0.717, 1.165) is 0 Å². The fourth-order valence-corrected chi connectivity index (χ4v) is 2.60. The number of esters is 2. The lowest BCUT2D eigenvalue weighted by molar-refractivity contribution is -0.167. The average Bonchev–Trinajstić information content (AvgIpc) is 2.64. The highest BCUT2D eigenvalue weighted by Gasteiger charge is 2.50. The first-order valence-electron chi connectivity index (χ1n) is 7.83. The zero-order valence-corrected chi connectivity index (χ0v) is 13.1. The van der Waals surface area contributed by atoms with Crippen LogP contribution in [-0.4, -0.2) is 25.2 Å². The third kappa shape index (κ3) is 3.46. The van der Waals surface area contributed by atoms with Gasteiger partial charge in [-0.3, -0.25) is 9.59 Å². The van der Waals surface area contributed by atoms with Gasteiger partial charge in [0.05, 0.1) is 0 Å². The lowest BCUT2D eigenvalue weighted by Gasteiger charge is -2.32. The van der Waals surface area contributed by atoms with Crippen LogP contribution in [0, 0.1) is 5.41 Å². The Morgan fingerprint density at radius 1 is 0.750 bits per heavy atom. The SMILES string of the molecule is O=C(Oc1ccccc1)C1(C(=O)Oc2ccccc2)CCOCC1. The van der Waals surface area contributed by atoms with Crippen LogP contribution in [0.4, 0.5) is 0 Å². The van der Waals surface area contributed by atoms with Crippen molar-refractivity contribution in [1.29, 1.82) is 0 Å². The largest absolute Gasteiger partial charge is 0.426 e. The summed E-state index contributed by atoms with van der Waals surface area (Å²) in [6.07, 6.45) is 0.481. The van der Waals surface area contributed by atoms with Crippen molar-refractivity contribution in [2.45, 2.75) is 12.8 Å². The van der Waals surface area contributed by atoms with Gasteiger partial charge < -0.3 is 14.2 Å². The van der Waals surface area contributed by atoms with Gasteiger partial charge in [-0.2, -0.15) is 0 Å². The molecule has 0 unspecified atom stereocenters. The zero-order chi connectivity index (χ0) is 16.8. The van der Waals surface area contributed by atoms with Gasteiger partial charge >= 0.3 is 11.9 Å². The van der Waals surface area contributed by atoms with Crippen molar-refractivity contribution in [2.24, 2.45) is 5.41 Å². The molecule has 1 saturated heterocycles. The summed E-state index contributed by atoms with van der Waals surface area (Å²) in [5.74, 6) is -0.391. The summed E-state index contributed by atoms with van der Waals surface area (Å²) in [6, 6.07) is 17.4. The van der Waals surface area contributed by atoms with E-state index in [1.165, 1.54) is 0 Å². The summed E-state index contributed by atoms with van der Waals surface area (Å²) in [5, 5.41) is 0. The predicted molar refractivity (Wildman–Crippen MR) is 86.6 cm³/mol. The normalized spacial score (nSPS) is 16.2. The number of ether oxygens (including phenoxy) is 3. The predicted octanol–water partition coefficient (Wildman–Crippen LogP) is 2.99. The van der Waals surface area contributed by atoms with E-state index in [2.05, 4.69) is 0 Å². The lowest BCUT2D eigenvalue weighted by atomic mass is 9.80. The Morgan fingerprint density at radius 3 is 1.58 bits per heavy atom. The fraction of sp³-hybridized carbons (Fsp3) is 0.263. The molecule has 0 atom stereocenters. The minimum Gasteiger partial charge on any atom is -0.426 e. The zero-order valence-electron chi connectivity index (χ0n) is 13.1. The highest BCUT2D eigenvalue weighted by atomic mass is 16.6. The molecule has 1 aliphatic heterocycles. The van der Waals surface area contributed by atoms with Crippen LogP contribution in [0.15, 0.2) is 60.7 Å². The van der Waals surface area contributed by atoms with Gasteiger partial charge in [-0.25, -0.2) is 0 Å².